The molecule has 2 aromatic heterocycles. The zero-order chi connectivity index (χ0) is 12.1. The lowest BCUT2D eigenvalue weighted by Crippen LogP contribution is -2.07. The Bertz CT molecular complexity index is 459. The van der Waals surface area contributed by atoms with E-state index in [1.54, 1.807) is 11.3 Å². The number of anilines is 1. The second-order valence-corrected chi connectivity index (χ2v) is 4.38. The van der Waals surface area contributed by atoms with Gasteiger partial charge >= 0.3 is 0 Å². The molecule has 0 spiro atoms. The van der Waals surface area contributed by atoms with Gasteiger partial charge in [-0.1, -0.05) is 0 Å². The fourth-order valence-electron chi connectivity index (χ4n) is 1.47. The fourth-order valence-corrected chi connectivity index (χ4v) is 2.23. The number of rotatable bonds is 5. The summed E-state index contributed by atoms with van der Waals surface area (Å²) in [5, 5.41) is 7.51. The molecule has 90 valence electrons. The van der Waals surface area contributed by atoms with Crippen molar-refractivity contribution in [2.75, 3.05) is 11.9 Å². The van der Waals surface area contributed by atoms with E-state index in [4.69, 9.17) is 4.74 Å². The van der Waals surface area contributed by atoms with Crippen molar-refractivity contribution in [3.05, 3.63) is 34.8 Å². The molecule has 2 heterocycles. The topological polar surface area (TPSA) is 47.0 Å². The highest BCUT2D eigenvalue weighted by Gasteiger charge is 2.07. The third-order valence-electron chi connectivity index (χ3n) is 2.34. The van der Waals surface area contributed by atoms with Crippen LogP contribution in [0.15, 0.2) is 29.2 Å². The van der Waals surface area contributed by atoms with Gasteiger partial charge < -0.3 is 10.1 Å². The van der Waals surface area contributed by atoms with Crippen LogP contribution in [-0.2, 0) is 0 Å². The van der Waals surface area contributed by atoms with E-state index in [0.717, 1.165) is 5.82 Å². The first-order valence-corrected chi connectivity index (χ1v) is 6.47. The summed E-state index contributed by atoms with van der Waals surface area (Å²) < 4.78 is 5.33. The largest absolute Gasteiger partial charge is 0.478 e. The predicted octanol–water partition coefficient (Wildman–Crippen LogP) is 3.11. The molecule has 0 aliphatic heterocycles. The Kier molecular flexibility index (Phi) is 3.93. The normalized spacial score (nSPS) is 12.1. The van der Waals surface area contributed by atoms with Gasteiger partial charge in [0.25, 0.3) is 0 Å². The highest BCUT2D eigenvalue weighted by molar-refractivity contribution is 7.07. The molecule has 0 saturated heterocycles. The summed E-state index contributed by atoms with van der Waals surface area (Å²) in [6.07, 6.45) is 1.51. The number of nitrogens with zero attached hydrogens (tertiary/aromatic N) is 2. The molecule has 0 aromatic carbocycles. The fraction of sp³-hybridized carbons (Fsp3) is 0.333. The Hall–Kier alpha value is -1.62. The molecule has 0 radical (unpaired) electrons. The zero-order valence-electron chi connectivity index (χ0n) is 9.88. The lowest BCUT2D eigenvalue weighted by atomic mass is 10.2. The number of ether oxygens (including phenoxy) is 1. The minimum atomic E-state index is 0.227. The Balaban J connectivity index is 2.05. The SMILES string of the molecule is CCOc1cc(NC(C)c2ccsc2)ncn1. The molecule has 1 N–H and O–H groups in total. The van der Waals surface area contributed by atoms with Crippen molar-refractivity contribution >= 4 is 17.2 Å². The molecule has 1 unspecified atom stereocenters. The van der Waals surface area contributed by atoms with E-state index in [1.165, 1.54) is 11.9 Å². The zero-order valence-corrected chi connectivity index (χ0v) is 10.7. The molecular weight excluding hydrogens is 234 g/mol. The van der Waals surface area contributed by atoms with Crippen LogP contribution >= 0.6 is 11.3 Å². The van der Waals surface area contributed by atoms with Gasteiger partial charge in [0.2, 0.25) is 5.88 Å². The summed E-state index contributed by atoms with van der Waals surface area (Å²) in [6, 6.07) is 4.14. The van der Waals surface area contributed by atoms with E-state index >= 15 is 0 Å². The van der Waals surface area contributed by atoms with Crippen LogP contribution in [0.2, 0.25) is 0 Å². The van der Waals surface area contributed by atoms with Gasteiger partial charge in [0.1, 0.15) is 12.1 Å². The lowest BCUT2D eigenvalue weighted by molar-refractivity contribution is 0.326. The van der Waals surface area contributed by atoms with Crippen LogP contribution in [0.1, 0.15) is 25.5 Å². The number of aromatic nitrogens is 2. The number of hydrogen-bond donors (Lipinski definition) is 1. The molecule has 0 fully saturated rings. The van der Waals surface area contributed by atoms with Crippen LogP contribution in [0.3, 0.4) is 0 Å². The quantitative estimate of drug-likeness (QED) is 0.884. The van der Waals surface area contributed by atoms with Gasteiger partial charge in [-0.3, -0.25) is 0 Å². The summed E-state index contributed by atoms with van der Waals surface area (Å²) >= 11 is 1.69. The Labute approximate surface area is 105 Å². The van der Waals surface area contributed by atoms with Crippen molar-refractivity contribution in [3.63, 3.8) is 0 Å². The van der Waals surface area contributed by atoms with Crippen molar-refractivity contribution in [3.8, 4) is 5.88 Å². The highest BCUT2D eigenvalue weighted by Crippen LogP contribution is 2.21. The minimum absolute atomic E-state index is 0.227. The average Bonchev–Trinajstić information content (AvgIpc) is 2.83. The van der Waals surface area contributed by atoms with Crippen molar-refractivity contribution < 1.29 is 4.74 Å². The van der Waals surface area contributed by atoms with Gasteiger partial charge in [0.05, 0.1) is 12.6 Å². The Morgan fingerprint density at radius 1 is 1.47 bits per heavy atom. The van der Waals surface area contributed by atoms with E-state index < -0.39 is 0 Å². The van der Waals surface area contributed by atoms with Gasteiger partial charge in [-0.2, -0.15) is 11.3 Å². The molecule has 17 heavy (non-hydrogen) atoms. The predicted molar refractivity (Wildman–Crippen MR) is 69.6 cm³/mol. The number of nitrogens with one attached hydrogen (secondary N) is 1. The smallest absolute Gasteiger partial charge is 0.218 e. The second kappa shape index (κ2) is 5.63. The summed E-state index contributed by atoms with van der Waals surface area (Å²) in [5.41, 5.74) is 1.26. The van der Waals surface area contributed by atoms with Crippen LogP contribution in [0.4, 0.5) is 5.82 Å². The molecular formula is C12H15N3OS. The van der Waals surface area contributed by atoms with Crippen LogP contribution in [0, 0.1) is 0 Å². The molecule has 0 amide bonds. The second-order valence-electron chi connectivity index (χ2n) is 3.60. The first kappa shape index (κ1) is 11.9. The molecule has 4 nitrogen and oxygen atoms in total. The van der Waals surface area contributed by atoms with E-state index in [9.17, 15) is 0 Å². The standard InChI is InChI=1S/C12H15N3OS/c1-3-16-12-6-11(13-8-14-12)15-9(2)10-4-5-17-7-10/h4-9H,3H2,1-2H3,(H,13,14,15). The Morgan fingerprint density at radius 2 is 2.35 bits per heavy atom. The molecule has 0 saturated carbocycles. The molecule has 0 aliphatic rings. The van der Waals surface area contributed by atoms with Gasteiger partial charge in [0, 0.05) is 6.07 Å². The summed E-state index contributed by atoms with van der Waals surface area (Å²) in [4.78, 5) is 8.20. The van der Waals surface area contributed by atoms with E-state index in [1.807, 2.05) is 13.0 Å². The maximum absolute atomic E-state index is 5.33. The highest BCUT2D eigenvalue weighted by atomic mass is 32.1. The molecule has 5 heteroatoms. The minimum Gasteiger partial charge on any atom is -0.478 e. The molecule has 0 bridgehead atoms. The van der Waals surface area contributed by atoms with Crippen molar-refractivity contribution in [1.29, 1.82) is 0 Å². The van der Waals surface area contributed by atoms with Crippen molar-refractivity contribution in [1.82, 2.24) is 9.97 Å². The van der Waals surface area contributed by atoms with E-state index in [0.29, 0.717) is 12.5 Å². The summed E-state index contributed by atoms with van der Waals surface area (Å²) in [6.45, 7) is 4.64. The monoisotopic (exact) mass is 249 g/mol. The van der Waals surface area contributed by atoms with E-state index in [-0.39, 0.29) is 6.04 Å². The van der Waals surface area contributed by atoms with Gasteiger partial charge in [-0.25, -0.2) is 9.97 Å². The summed E-state index contributed by atoms with van der Waals surface area (Å²) in [7, 11) is 0. The third kappa shape index (κ3) is 3.17. The summed E-state index contributed by atoms with van der Waals surface area (Å²) in [5.74, 6) is 1.38. The van der Waals surface area contributed by atoms with Crippen molar-refractivity contribution in [2.24, 2.45) is 0 Å². The lowest BCUT2D eigenvalue weighted by Gasteiger charge is -2.13. The van der Waals surface area contributed by atoms with Crippen LogP contribution in [0.25, 0.3) is 0 Å². The molecule has 0 aliphatic carbocycles. The van der Waals surface area contributed by atoms with E-state index in [2.05, 4.69) is 39.0 Å². The first-order chi connectivity index (χ1) is 8.29. The maximum Gasteiger partial charge on any atom is 0.218 e. The number of hydrogen-bond acceptors (Lipinski definition) is 5. The maximum atomic E-state index is 5.33. The van der Waals surface area contributed by atoms with Crippen LogP contribution in [-0.4, -0.2) is 16.6 Å². The van der Waals surface area contributed by atoms with Crippen molar-refractivity contribution in [2.45, 2.75) is 19.9 Å². The Morgan fingerprint density at radius 3 is 3.06 bits per heavy atom. The number of thiophene rings is 1. The van der Waals surface area contributed by atoms with Crippen LogP contribution < -0.4 is 10.1 Å². The van der Waals surface area contributed by atoms with Gasteiger partial charge in [-0.15, -0.1) is 0 Å². The average molecular weight is 249 g/mol. The third-order valence-corrected chi connectivity index (χ3v) is 3.04. The van der Waals surface area contributed by atoms with Crippen LogP contribution in [0.5, 0.6) is 5.88 Å². The first-order valence-electron chi connectivity index (χ1n) is 5.53. The molecule has 2 rings (SSSR count). The molecule has 1 atom stereocenters. The van der Waals surface area contributed by atoms with Gasteiger partial charge in [-0.05, 0) is 36.2 Å². The van der Waals surface area contributed by atoms with Gasteiger partial charge in [0.15, 0.2) is 0 Å². The molecule has 2 aromatic rings.